The summed E-state index contributed by atoms with van der Waals surface area (Å²) in [5, 5.41) is 0. The van der Waals surface area contributed by atoms with Gasteiger partial charge < -0.3 is 14.2 Å². The topological polar surface area (TPSA) is 78.9 Å². The van der Waals surface area contributed by atoms with Gasteiger partial charge in [-0.2, -0.15) is 0 Å². The molecule has 6 nitrogen and oxygen atoms in total. The summed E-state index contributed by atoms with van der Waals surface area (Å²) in [6.07, 6.45) is 50.0. The SMILES string of the molecule is CC/C=C\C/C=C\C/C=C\CCCCCCCCCC(=O)OCC(COC(=O)CCCCCCCC)OC(=O)CCCCCCCCCCCCCCCC. The second kappa shape index (κ2) is 44.3. The van der Waals surface area contributed by atoms with Gasteiger partial charge in [0, 0.05) is 19.3 Å². The van der Waals surface area contributed by atoms with Gasteiger partial charge in [0.1, 0.15) is 13.2 Å². The monoisotopic (exact) mass is 773 g/mol. The van der Waals surface area contributed by atoms with Crippen LogP contribution < -0.4 is 0 Å². The minimum atomic E-state index is -0.768. The third-order valence-corrected chi connectivity index (χ3v) is 10.2. The summed E-state index contributed by atoms with van der Waals surface area (Å²) in [5.74, 6) is -0.887. The van der Waals surface area contributed by atoms with Gasteiger partial charge in [-0.15, -0.1) is 0 Å². The molecule has 6 heteroatoms. The number of ether oxygens (including phenoxy) is 3. The highest BCUT2D eigenvalue weighted by Crippen LogP contribution is 2.15. The average molecular weight is 773 g/mol. The molecule has 0 aliphatic carbocycles. The van der Waals surface area contributed by atoms with E-state index in [4.69, 9.17) is 14.2 Å². The van der Waals surface area contributed by atoms with Gasteiger partial charge in [0.25, 0.3) is 0 Å². The predicted octanol–water partition coefficient (Wildman–Crippen LogP) is 15.0. The quantitative estimate of drug-likeness (QED) is 0.0266. The smallest absolute Gasteiger partial charge is 0.306 e. The second-order valence-electron chi connectivity index (χ2n) is 15.6. The molecule has 0 amide bonds. The molecule has 55 heavy (non-hydrogen) atoms. The minimum Gasteiger partial charge on any atom is -0.462 e. The van der Waals surface area contributed by atoms with Crippen LogP contribution in [-0.2, 0) is 28.6 Å². The molecule has 0 rings (SSSR count). The first-order valence-corrected chi connectivity index (χ1v) is 23.5. The molecule has 0 aromatic rings. The molecule has 0 aromatic carbocycles. The van der Waals surface area contributed by atoms with Crippen molar-refractivity contribution in [3.05, 3.63) is 36.5 Å². The van der Waals surface area contributed by atoms with Gasteiger partial charge in [0.2, 0.25) is 0 Å². The first-order chi connectivity index (χ1) is 27.0. The summed E-state index contributed by atoms with van der Waals surface area (Å²) >= 11 is 0. The van der Waals surface area contributed by atoms with Crippen molar-refractivity contribution in [2.75, 3.05) is 13.2 Å². The Hall–Kier alpha value is -2.37. The van der Waals surface area contributed by atoms with Crippen molar-refractivity contribution in [3.8, 4) is 0 Å². The van der Waals surface area contributed by atoms with Crippen LogP contribution in [0, 0.1) is 0 Å². The lowest BCUT2D eigenvalue weighted by Crippen LogP contribution is -2.30. The number of hydrogen-bond donors (Lipinski definition) is 0. The molecule has 0 spiro atoms. The predicted molar refractivity (Wildman–Crippen MR) is 233 cm³/mol. The van der Waals surface area contributed by atoms with Crippen molar-refractivity contribution >= 4 is 17.9 Å². The Morgan fingerprint density at radius 2 is 0.709 bits per heavy atom. The molecule has 0 saturated carbocycles. The molecule has 0 saturated heterocycles. The molecule has 1 atom stereocenters. The number of hydrogen-bond acceptors (Lipinski definition) is 6. The number of allylic oxidation sites excluding steroid dienone is 6. The van der Waals surface area contributed by atoms with Crippen molar-refractivity contribution < 1.29 is 28.6 Å². The molecular weight excluding hydrogens is 685 g/mol. The van der Waals surface area contributed by atoms with E-state index in [-0.39, 0.29) is 31.1 Å². The third kappa shape index (κ3) is 42.6. The van der Waals surface area contributed by atoms with Crippen LogP contribution in [0.15, 0.2) is 36.5 Å². The molecule has 0 bridgehead atoms. The maximum Gasteiger partial charge on any atom is 0.306 e. The maximum absolute atomic E-state index is 12.7. The van der Waals surface area contributed by atoms with Crippen molar-refractivity contribution in [2.45, 2.75) is 245 Å². The number of esters is 3. The Balaban J connectivity index is 4.24. The van der Waals surface area contributed by atoms with Crippen LogP contribution in [0.4, 0.5) is 0 Å². The van der Waals surface area contributed by atoms with Crippen LogP contribution >= 0.6 is 0 Å². The fourth-order valence-electron chi connectivity index (χ4n) is 6.63. The number of rotatable bonds is 42. The normalized spacial score (nSPS) is 12.3. The summed E-state index contributed by atoms with van der Waals surface area (Å²) in [6, 6.07) is 0. The van der Waals surface area contributed by atoms with E-state index < -0.39 is 6.10 Å². The lowest BCUT2D eigenvalue weighted by atomic mass is 10.0. The van der Waals surface area contributed by atoms with E-state index >= 15 is 0 Å². The van der Waals surface area contributed by atoms with E-state index in [2.05, 4.69) is 57.2 Å². The lowest BCUT2D eigenvalue weighted by molar-refractivity contribution is -0.167. The molecule has 0 N–H and O–H groups in total. The molecule has 0 fully saturated rings. The summed E-state index contributed by atoms with van der Waals surface area (Å²) in [7, 11) is 0. The van der Waals surface area contributed by atoms with E-state index in [1.165, 1.54) is 116 Å². The van der Waals surface area contributed by atoms with Gasteiger partial charge in [-0.25, -0.2) is 0 Å². The molecule has 0 aromatic heterocycles. The van der Waals surface area contributed by atoms with Crippen LogP contribution in [0.1, 0.15) is 239 Å². The van der Waals surface area contributed by atoms with Crippen LogP contribution in [0.25, 0.3) is 0 Å². The van der Waals surface area contributed by atoms with Crippen molar-refractivity contribution in [3.63, 3.8) is 0 Å². The summed E-state index contributed by atoms with van der Waals surface area (Å²) in [5.41, 5.74) is 0. The molecule has 0 radical (unpaired) electrons. The third-order valence-electron chi connectivity index (χ3n) is 10.2. The zero-order valence-electron chi connectivity index (χ0n) is 36.4. The van der Waals surface area contributed by atoms with Gasteiger partial charge >= 0.3 is 17.9 Å². The maximum atomic E-state index is 12.7. The van der Waals surface area contributed by atoms with E-state index in [0.717, 1.165) is 83.5 Å². The fraction of sp³-hybridized carbons (Fsp3) is 0.816. The van der Waals surface area contributed by atoms with Crippen LogP contribution in [-0.4, -0.2) is 37.2 Å². The van der Waals surface area contributed by atoms with Gasteiger partial charge in [-0.05, 0) is 51.4 Å². The van der Waals surface area contributed by atoms with Crippen LogP contribution in [0.5, 0.6) is 0 Å². The molecular formula is C49H88O6. The van der Waals surface area contributed by atoms with E-state index in [1.54, 1.807) is 0 Å². The average Bonchev–Trinajstić information content (AvgIpc) is 3.18. The summed E-state index contributed by atoms with van der Waals surface area (Å²) in [6.45, 7) is 6.47. The van der Waals surface area contributed by atoms with E-state index in [0.29, 0.717) is 19.3 Å². The van der Waals surface area contributed by atoms with Crippen molar-refractivity contribution in [2.24, 2.45) is 0 Å². The number of carbonyl (C=O) groups excluding carboxylic acids is 3. The molecule has 0 aliphatic heterocycles. The molecule has 1 unspecified atom stereocenters. The van der Waals surface area contributed by atoms with Crippen LogP contribution in [0.3, 0.4) is 0 Å². The highest BCUT2D eigenvalue weighted by Gasteiger charge is 2.19. The van der Waals surface area contributed by atoms with Crippen molar-refractivity contribution in [1.82, 2.24) is 0 Å². The zero-order valence-corrected chi connectivity index (χ0v) is 36.4. The molecule has 0 aliphatic rings. The summed E-state index contributed by atoms with van der Waals surface area (Å²) in [4.78, 5) is 37.6. The number of carbonyl (C=O) groups is 3. The minimum absolute atomic E-state index is 0.0732. The van der Waals surface area contributed by atoms with Crippen LogP contribution in [0.2, 0.25) is 0 Å². The lowest BCUT2D eigenvalue weighted by Gasteiger charge is -2.18. The Kier molecular flexibility index (Phi) is 42.4. The van der Waals surface area contributed by atoms with E-state index in [1.807, 2.05) is 0 Å². The highest BCUT2D eigenvalue weighted by molar-refractivity contribution is 5.71. The van der Waals surface area contributed by atoms with Gasteiger partial charge in [0.15, 0.2) is 6.10 Å². The van der Waals surface area contributed by atoms with E-state index in [9.17, 15) is 14.4 Å². The first-order valence-electron chi connectivity index (χ1n) is 23.5. The van der Waals surface area contributed by atoms with Gasteiger partial charge in [-0.1, -0.05) is 205 Å². The Morgan fingerprint density at radius 1 is 0.382 bits per heavy atom. The molecule has 320 valence electrons. The zero-order chi connectivity index (χ0) is 40.1. The van der Waals surface area contributed by atoms with Gasteiger partial charge in [0.05, 0.1) is 0 Å². The largest absolute Gasteiger partial charge is 0.462 e. The second-order valence-corrected chi connectivity index (χ2v) is 15.6. The summed E-state index contributed by atoms with van der Waals surface area (Å²) < 4.78 is 16.7. The van der Waals surface area contributed by atoms with Gasteiger partial charge in [-0.3, -0.25) is 14.4 Å². The van der Waals surface area contributed by atoms with Crippen molar-refractivity contribution in [1.29, 1.82) is 0 Å². The Morgan fingerprint density at radius 3 is 1.11 bits per heavy atom. The molecule has 0 heterocycles. The Bertz CT molecular complexity index is 938. The number of unbranched alkanes of at least 4 members (excludes halogenated alkanes) is 25. The Labute approximate surface area is 340 Å². The standard InChI is InChI=1S/C49H88O6/c1-4-7-10-13-16-18-20-22-24-25-26-28-29-31-33-36-39-42-48(51)54-45-46(44-53-47(50)41-38-35-15-12-9-6-3)55-49(52)43-40-37-34-32-30-27-23-21-19-17-14-11-8-5-2/h7,10,16,18,22,24,46H,4-6,8-9,11-15,17,19-21,23,25-45H2,1-3H3/b10-7-,18-16-,24-22-. The fourth-order valence-corrected chi connectivity index (χ4v) is 6.63. The highest BCUT2D eigenvalue weighted by atomic mass is 16.6. The first kappa shape index (κ1) is 52.6.